The number of aryl methyl sites for hydroxylation is 2. The van der Waals surface area contributed by atoms with Crippen LogP contribution in [0, 0.1) is 13.8 Å². The Morgan fingerprint density at radius 3 is 2.86 bits per heavy atom. The van der Waals surface area contributed by atoms with Crippen LogP contribution in [-0.4, -0.2) is 28.5 Å². The molecule has 2 aromatic heterocycles. The third-order valence-electron chi connectivity index (χ3n) is 5.57. The predicted molar refractivity (Wildman–Crippen MR) is 109 cm³/mol. The molecule has 3 heterocycles. The number of nitrogens with zero attached hydrogens (tertiary/aromatic N) is 3. The highest BCUT2D eigenvalue weighted by molar-refractivity contribution is 5.57. The number of hydrogen-bond acceptors (Lipinski definition) is 5. The fraction of sp³-hybridized carbons (Fsp3) is 0.391. The van der Waals surface area contributed by atoms with Crippen molar-refractivity contribution < 1.29 is 9.15 Å². The second-order valence-electron chi connectivity index (χ2n) is 7.47. The van der Waals surface area contributed by atoms with Crippen LogP contribution in [0.3, 0.4) is 0 Å². The normalized spacial score (nSPS) is 17.6. The van der Waals surface area contributed by atoms with Crippen LogP contribution in [0.2, 0.25) is 0 Å². The molecule has 0 radical (unpaired) electrons. The van der Waals surface area contributed by atoms with Crippen LogP contribution in [0.25, 0.3) is 11.5 Å². The highest BCUT2D eigenvalue weighted by Crippen LogP contribution is 2.33. The molecule has 0 spiro atoms. The molecule has 1 atom stereocenters. The summed E-state index contributed by atoms with van der Waals surface area (Å²) < 4.78 is 11.4. The minimum Gasteiger partial charge on any atom is -0.496 e. The Bertz CT molecular complexity index is 936. The molecule has 1 aliphatic heterocycles. The van der Waals surface area contributed by atoms with Gasteiger partial charge in [-0.1, -0.05) is 12.5 Å². The molecule has 1 saturated heterocycles. The molecule has 0 unspecified atom stereocenters. The summed E-state index contributed by atoms with van der Waals surface area (Å²) >= 11 is 0. The molecule has 0 amide bonds. The highest BCUT2D eigenvalue weighted by Gasteiger charge is 2.26. The molecule has 1 aromatic carbocycles. The average molecular weight is 377 g/mol. The summed E-state index contributed by atoms with van der Waals surface area (Å²) in [5.41, 5.74) is 4.36. The Hall–Kier alpha value is -2.66. The molecule has 0 bridgehead atoms. The zero-order valence-corrected chi connectivity index (χ0v) is 16.8. The smallest absolute Gasteiger partial charge is 0.226 e. The van der Waals surface area contributed by atoms with Gasteiger partial charge >= 0.3 is 0 Å². The Morgan fingerprint density at radius 2 is 2.11 bits per heavy atom. The topological polar surface area (TPSA) is 51.4 Å². The van der Waals surface area contributed by atoms with Crippen LogP contribution in [0.1, 0.15) is 47.9 Å². The van der Waals surface area contributed by atoms with E-state index in [0.29, 0.717) is 11.9 Å². The maximum Gasteiger partial charge on any atom is 0.226 e. The molecule has 1 fully saturated rings. The van der Waals surface area contributed by atoms with Crippen molar-refractivity contribution in [3.8, 4) is 17.2 Å². The summed E-state index contributed by atoms with van der Waals surface area (Å²) in [5.74, 6) is 2.44. The van der Waals surface area contributed by atoms with E-state index >= 15 is 0 Å². The monoisotopic (exact) mass is 377 g/mol. The highest BCUT2D eigenvalue weighted by atomic mass is 16.5. The number of benzene rings is 1. The summed E-state index contributed by atoms with van der Waals surface area (Å²) in [4.78, 5) is 11.7. The first-order chi connectivity index (χ1) is 13.7. The zero-order chi connectivity index (χ0) is 19.5. The minimum atomic E-state index is 0.394. The van der Waals surface area contributed by atoms with Crippen LogP contribution < -0.4 is 4.74 Å². The number of pyridine rings is 1. The van der Waals surface area contributed by atoms with Gasteiger partial charge in [0.05, 0.1) is 12.8 Å². The molecule has 5 nitrogen and oxygen atoms in total. The van der Waals surface area contributed by atoms with Crippen LogP contribution in [0.15, 0.2) is 47.1 Å². The van der Waals surface area contributed by atoms with Gasteiger partial charge in [0.2, 0.25) is 5.89 Å². The lowest BCUT2D eigenvalue weighted by Gasteiger charge is -2.35. The van der Waals surface area contributed by atoms with Crippen molar-refractivity contribution in [3.63, 3.8) is 0 Å². The zero-order valence-electron chi connectivity index (χ0n) is 16.8. The Balaban J connectivity index is 1.57. The van der Waals surface area contributed by atoms with E-state index in [-0.39, 0.29) is 0 Å². The number of hydrogen-bond donors (Lipinski definition) is 0. The second-order valence-corrected chi connectivity index (χ2v) is 7.47. The SMILES string of the molecule is COc1ccc(-c2nc(CN3CCCC[C@H]3c3cccnc3)c(C)o2)cc1C. The van der Waals surface area contributed by atoms with E-state index in [0.717, 1.165) is 47.8 Å². The van der Waals surface area contributed by atoms with E-state index in [4.69, 9.17) is 14.1 Å². The van der Waals surface area contributed by atoms with E-state index in [9.17, 15) is 0 Å². The lowest BCUT2D eigenvalue weighted by atomic mass is 9.96. The van der Waals surface area contributed by atoms with Crippen LogP contribution in [0.5, 0.6) is 5.75 Å². The van der Waals surface area contributed by atoms with E-state index in [1.54, 1.807) is 7.11 Å². The van der Waals surface area contributed by atoms with Crippen molar-refractivity contribution >= 4 is 0 Å². The minimum absolute atomic E-state index is 0.394. The van der Waals surface area contributed by atoms with Gasteiger partial charge in [0, 0.05) is 30.5 Å². The van der Waals surface area contributed by atoms with Crippen molar-refractivity contribution in [1.29, 1.82) is 0 Å². The first-order valence-corrected chi connectivity index (χ1v) is 9.91. The number of rotatable bonds is 5. The van der Waals surface area contributed by atoms with Crippen molar-refractivity contribution in [3.05, 3.63) is 65.3 Å². The molecule has 28 heavy (non-hydrogen) atoms. The fourth-order valence-corrected chi connectivity index (χ4v) is 4.03. The molecular formula is C23H27N3O2. The fourth-order valence-electron chi connectivity index (χ4n) is 4.03. The number of ether oxygens (including phenoxy) is 1. The summed E-state index contributed by atoms with van der Waals surface area (Å²) in [6.45, 7) is 5.91. The number of piperidine rings is 1. The van der Waals surface area contributed by atoms with Gasteiger partial charge in [0.25, 0.3) is 0 Å². The van der Waals surface area contributed by atoms with Crippen LogP contribution in [-0.2, 0) is 6.54 Å². The summed E-state index contributed by atoms with van der Waals surface area (Å²) in [6, 6.07) is 10.6. The molecule has 0 N–H and O–H groups in total. The molecule has 146 valence electrons. The molecular weight excluding hydrogens is 350 g/mol. The maximum absolute atomic E-state index is 6.02. The molecule has 3 aromatic rings. The van der Waals surface area contributed by atoms with Gasteiger partial charge in [-0.3, -0.25) is 9.88 Å². The second kappa shape index (κ2) is 8.15. The van der Waals surface area contributed by atoms with Crippen molar-refractivity contribution in [2.24, 2.45) is 0 Å². The van der Waals surface area contributed by atoms with Gasteiger partial charge in [0.15, 0.2) is 0 Å². The standard InChI is InChI=1S/C23H27N3O2/c1-16-13-18(9-10-22(16)27-3)23-25-20(17(2)28-23)15-26-12-5-4-8-21(26)19-7-6-11-24-14-19/h6-7,9-11,13-14,21H,4-5,8,12,15H2,1-3H3/t21-/m0/s1. The Morgan fingerprint density at radius 1 is 1.21 bits per heavy atom. The molecule has 1 aliphatic rings. The van der Waals surface area contributed by atoms with Gasteiger partial charge in [-0.2, -0.15) is 0 Å². The molecule has 5 heteroatoms. The van der Waals surface area contributed by atoms with E-state index in [1.807, 2.05) is 44.4 Å². The van der Waals surface area contributed by atoms with Gasteiger partial charge in [-0.15, -0.1) is 0 Å². The van der Waals surface area contributed by atoms with E-state index in [1.165, 1.54) is 18.4 Å². The number of aromatic nitrogens is 2. The van der Waals surface area contributed by atoms with Gasteiger partial charge in [-0.05, 0) is 68.6 Å². The van der Waals surface area contributed by atoms with Crippen LogP contribution >= 0.6 is 0 Å². The van der Waals surface area contributed by atoms with Gasteiger partial charge < -0.3 is 9.15 Å². The Labute approximate surface area is 166 Å². The quantitative estimate of drug-likeness (QED) is 0.620. The largest absolute Gasteiger partial charge is 0.496 e. The van der Waals surface area contributed by atoms with Crippen molar-refractivity contribution in [2.75, 3.05) is 13.7 Å². The maximum atomic E-state index is 6.02. The average Bonchev–Trinajstić information content (AvgIpc) is 3.09. The molecule has 0 saturated carbocycles. The van der Waals surface area contributed by atoms with E-state index < -0.39 is 0 Å². The summed E-state index contributed by atoms with van der Waals surface area (Å²) in [7, 11) is 1.69. The Kier molecular flexibility index (Phi) is 5.44. The molecule has 0 aliphatic carbocycles. The van der Waals surface area contributed by atoms with E-state index in [2.05, 4.69) is 22.0 Å². The third-order valence-corrected chi connectivity index (χ3v) is 5.57. The first kappa shape index (κ1) is 18.7. The van der Waals surface area contributed by atoms with Crippen molar-refractivity contribution in [1.82, 2.24) is 14.9 Å². The van der Waals surface area contributed by atoms with Crippen molar-refractivity contribution in [2.45, 2.75) is 45.7 Å². The van der Waals surface area contributed by atoms with Gasteiger partial charge in [0.1, 0.15) is 11.5 Å². The lowest BCUT2D eigenvalue weighted by Crippen LogP contribution is -2.33. The molecule has 4 rings (SSSR count). The third kappa shape index (κ3) is 3.80. The number of likely N-dealkylation sites (tertiary alicyclic amines) is 1. The van der Waals surface area contributed by atoms with Crippen LogP contribution in [0.4, 0.5) is 0 Å². The predicted octanol–water partition coefficient (Wildman–Crippen LogP) is 5.09. The lowest BCUT2D eigenvalue weighted by molar-refractivity contribution is 0.138. The number of methoxy groups -OCH3 is 1. The summed E-state index contributed by atoms with van der Waals surface area (Å²) in [6.07, 6.45) is 7.46. The number of oxazole rings is 1. The van der Waals surface area contributed by atoms with Gasteiger partial charge in [-0.25, -0.2) is 4.98 Å². The summed E-state index contributed by atoms with van der Waals surface area (Å²) in [5, 5.41) is 0. The first-order valence-electron chi connectivity index (χ1n) is 9.91.